The van der Waals surface area contributed by atoms with Crippen LogP contribution in [0.15, 0.2) is 59.5 Å². The molecule has 0 aliphatic rings. The summed E-state index contributed by atoms with van der Waals surface area (Å²) < 4.78 is 57.0. The Morgan fingerprint density at radius 1 is 0.882 bits per heavy atom. The van der Waals surface area contributed by atoms with Gasteiger partial charge in [-0.15, -0.1) is 0 Å². The first-order chi connectivity index (χ1) is 16.2. The summed E-state index contributed by atoms with van der Waals surface area (Å²) in [7, 11) is 0.512. The molecule has 3 aromatic carbocycles. The largest absolute Gasteiger partial charge is 0.496 e. The average molecular weight is 489 g/mol. The molecular formula is C24H25FN2O6S. The highest BCUT2D eigenvalue weighted by Gasteiger charge is 2.19. The van der Waals surface area contributed by atoms with Crippen LogP contribution in [0.3, 0.4) is 0 Å². The van der Waals surface area contributed by atoms with Crippen molar-refractivity contribution in [2.24, 2.45) is 0 Å². The Labute approximate surface area is 197 Å². The van der Waals surface area contributed by atoms with E-state index in [1.807, 2.05) is 0 Å². The van der Waals surface area contributed by atoms with E-state index in [2.05, 4.69) is 10.0 Å². The molecule has 0 heterocycles. The molecule has 0 aliphatic heterocycles. The van der Waals surface area contributed by atoms with E-state index in [0.29, 0.717) is 28.4 Å². The second-order valence-corrected chi connectivity index (χ2v) is 8.97. The lowest BCUT2D eigenvalue weighted by Gasteiger charge is -2.15. The zero-order valence-corrected chi connectivity index (χ0v) is 20.0. The Kier molecular flexibility index (Phi) is 7.62. The molecule has 0 aromatic heterocycles. The Morgan fingerprint density at radius 3 is 2.12 bits per heavy atom. The molecule has 0 aliphatic carbocycles. The van der Waals surface area contributed by atoms with Crippen molar-refractivity contribution in [3.8, 4) is 17.2 Å². The second kappa shape index (κ2) is 10.4. The first-order valence-electron chi connectivity index (χ1n) is 10.1. The zero-order valence-electron chi connectivity index (χ0n) is 19.1. The number of sulfonamides is 1. The monoisotopic (exact) mass is 488 g/mol. The molecule has 3 rings (SSSR count). The van der Waals surface area contributed by atoms with E-state index in [1.54, 1.807) is 25.1 Å². The number of ether oxygens (including phenoxy) is 3. The van der Waals surface area contributed by atoms with Gasteiger partial charge in [-0.2, -0.15) is 0 Å². The number of halogens is 1. The normalized spacial score (nSPS) is 11.0. The number of aryl methyl sites for hydroxylation is 1. The van der Waals surface area contributed by atoms with Crippen LogP contribution in [0.1, 0.15) is 21.5 Å². The van der Waals surface area contributed by atoms with Crippen LogP contribution in [0.4, 0.5) is 10.1 Å². The van der Waals surface area contributed by atoms with Crippen LogP contribution in [0, 0.1) is 12.7 Å². The van der Waals surface area contributed by atoms with Crippen molar-refractivity contribution in [1.82, 2.24) is 5.32 Å². The molecule has 2 N–H and O–H groups in total. The number of methoxy groups -OCH3 is 3. The van der Waals surface area contributed by atoms with Crippen LogP contribution in [0.25, 0.3) is 0 Å². The number of nitrogens with one attached hydrogen (secondary N) is 2. The minimum absolute atomic E-state index is 0.101. The molecule has 0 fully saturated rings. The zero-order chi connectivity index (χ0) is 24.9. The fourth-order valence-corrected chi connectivity index (χ4v) is 4.33. The Bertz CT molecular complexity index is 1290. The third kappa shape index (κ3) is 5.57. The van der Waals surface area contributed by atoms with Gasteiger partial charge in [0.15, 0.2) is 11.5 Å². The predicted molar refractivity (Wildman–Crippen MR) is 126 cm³/mol. The maximum atomic E-state index is 13.1. The van der Waals surface area contributed by atoms with Crippen molar-refractivity contribution in [2.45, 2.75) is 18.4 Å². The molecule has 0 radical (unpaired) electrons. The molecule has 1 amide bonds. The number of carbonyl (C=O) groups excluding carboxylic acids is 1. The molecule has 180 valence electrons. The van der Waals surface area contributed by atoms with Gasteiger partial charge in [0.1, 0.15) is 11.6 Å². The molecule has 0 atom stereocenters. The summed E-state index contributed by atoms with van der Waals surface area (Å²) in [5, 5.41) is 2.78. The molecule has 3 aromatic rings. The standard InChI is InChI=1S/C24H25FN2O6S/c1-15-5-10-19(34(29,30)27-18-8-6-17(25)7-9-18)12-20(15)24(28)26-14-16-11-22(32-3)23(33-4)13-21(16)31-2/h5-13,27H,14H2,1-4H3,(H,26,28). The van der Waals surface area contributed by atoms with E-state index in [4.69, 9.17) is 14.2 Å². The van der Waals surface area contributed by atoms with Crippen LogP contribution in [0.5, 0.6) is 17.2 Å². The molecule has 10 heteroatoms. The van der Waals surface area contributed by atoms with Gasteiger partial charge >= 0.3 is 0 Å². The maximum Gasteiger partial charge on any atom is 0.261 e. The molecule has 0 saturated heterocycles. The number of hydrogen-bond acceptors (Lipinski definition) is 6. The number of anilines is 1. The number of carbonyl (C=O) groups is 1. The van der Waals surface area contributed by atoms with E-state index in [1.165, 1.54) is 45.6 Å². The highest BCUT2D eigenvalue weighted by molar-refractivity contribution is 7.92. The maximum absolute atomic E-state index is 13.1. The third-order valence-electron chi connectivity index (χ3n) is 5.09. The summed E-state index contributed by atoms with van der Waals surface area (Å²) >= 11 is 0. The lowest BCUT2D eigenvalue weighted by molar-refractivity contribution is 0.0950. The lowest BCUT2D eigenvalue weighted by Crippen LogP contribution is -2.24. The van der Waals surface area contributed by atoms with Gasteiger partial charge in [0.2, 0.25) is 0 Å². The minimum atomic E-state index is -4.00. The summed E-state index contributed by atoms with van der Waals surface area (Å²) in [6, 6.07) is 12.5. The summed E-state index contributed by atoms with van der Waals surface area (Å²) in [6.07, 6.45) is 0. The van der Waals surface area contributed by atoms with E-state index >= 15 is 0 Å². The Balaban J connectivity index is 1.82. The van der Waals surface area contributed by atoms with Crippen molar-refractivity contribution >= 4 is 21.6 Å². The Hall–Kier alpha value is -3.79. The van der Waals surface area contributed by atoms with Crippen LogP contribution in [-0.2, 0) is 16.6 Å². The van der Waals surface area contributed by atoms with Gasteiger partial charge in [-0.05, 0) is 55.0 Å². The molecule has 0 saturated carbocycles. The number of amides is 1. The van der Waals surface area contributed by atoms with Crippen LogP contribution < -0.4 is 24.2 Å². The molecule has 8 nitrogen and oxygen atoms in total. The first-order valence-corrected chi connectivity index (χ1v) is 11.6. The highest BCUT2D eigenvalue weighted by atomic mass is 32.2. The summed E-state index contributed by atoms with van der Waals surface area (Å²) in [6.45, 7) is 1.81. The van der Waals surface area contributed by atoms with Gasteiger partial charge in [-0.25, -0.2) is 12.8 Å². The summed E-state index contributed by atoms with van der Waals surface area (Å²) in [5.41, 5.74) is 1.64. The third-order valence-corrected chi connectivity index (χ3v) is 6.47. The van der Waals surface area contributed by atoms with Crippen molar-refractivity contribution in [1.29, 1.82) is 0 Å². The quantitative estimate of drug-likeness (QED) is 0.474. The fraction of sp³-hybridized carbons (Fsp3) is 0.208. The van der Waals surface area contributed by atoms with Crippen LogP contribution in [-0.4, -0.2) is 35.7 Å². The fourth-order valence-electron chi connectivity index (χ4n) is 3.25. The van der Waals surface area contributed by atoms with Gasteiger partial charge in [0.25, 0.3) is 15.9 Å². The average Bonchev–Trinajstić information content (AvgIpc) is 2.83. The topological polar surface area (TPSA) is 103 Å². The molecule has 0 bridgehead atoms. The van der Waals surface area contributed by atoms with E-state index in [0.717, 1.165) is 12.1 Å². The van der Waals surface area contributed by atoms with Gasteiger partial charge in [0.05, 0.1) is 26.2 Å². The smallest absolute Gasteiger partial charge is 0.261 e. The lowest BCUT2D eigenvalue weighted by atomic mass is 10.1. The molecule has 34 heavy (non-hydrogen) atoms. The van der Waals surface area contributed by atoms with E-state index in [9.17, 15) is 17.6 Å². The van der Waals surface area contributed by atoms with Crippen molar-refractivity contribution < 1.29 is 31.8 Å². The van der Waals surface area contributed by atoms with Crippen LogP contribution in [0.2, 0.25) is 0 Å². The van der Waals surface area contributed by atoms with E-state index in [-0.39, 0.29) is 22.7 Å². The molecule has 0 spiro atoms. The van der Waals surface area contributed by atoms with Gasteiger partial charge < -0.3 is 19.5 Å². The van der Waals surface area contributed by atoms with Crippen LogP contribution >= 0.6 is 0 Å². The SMILES string of the molecule is COc1cc(OC)c(OC)cc1CNC(=O)c1cc(S(=O)(=O)Nc2ccc(F)cc2)ccc1C. The number of rotatable bonds is 9. The first kappa shape index (κ1) is 24.8. The van der Waals surface area contributed by atoms with Gasteiger partial charge in [0, 0.05) is 29.4 Å². The molecule has 0 unspecified atom stereocenters. The minimum Gasteiger partial charge on any atom is -0.496 e. The second-order valence-electron chi connectivity index (χ2n) is 7.29. The number of benzene rings is 3. The van der Waals surface area contributed by atoms with Crippen molar-refractivity contribution in [3.05, 3.63) is 77.1 Å². The van der Waals surface area contributed by atoms with Gasteiger partial charge in [-0.3, -0.25) is 9.52 Å². The van der Waals surface area contributed by atoms with Gasteiger partial charge in [-0.1, -0.05) is 6.07 Å². The van der Waals surface area contributed by atoms with Crippen molar-refractivity contribution in [3.63, 3.8) is 0 Å². The predicted octanol–water partition coefficient (Wildman–Crippen LogP) is 3.89. The summed E-state index contributed by atoms with van der Waals surface area (Å²) in [4.78, 5) is 12.8. The molecular weight excluding hydrogens is 463 g/mol. The summed E-state index contributed by atoms with van der Waals surface area (Å²) in [5.74, 6) is 0.506. The van der Waals surface area contributed by atoms with Crippen molar-refractivity contribution in [2.75, 3.05) is 26.1 Å². The number of hydrogen-bond donors (Lipinski definition) is 2. The highest BCUT2D eigenvalue weighted by Crippen LogP contribution is 2.34. The van der Waals surface area contributed by atoms with E-state index < -0.39 is 21.7 Å². The Morgan fingerprint density at radius 2 is 1.50 bits per heavy atom.